The van der Waals surface area contributed by atoms with Crippen LogP contribution in [0.5, 0.6) is 11.5 Å². The van der Waals surface area contributed by atoms with Gasteiger partial charge in [-0.15, -0.1) is 0 Å². The van der Waals surface area contributed by atoms with Crippen LogP contribution in [0.3, 0.4) is 0 Å². The fraction of sp³-hybridized carbons (Fsp3) is 0.0909. The Balaban J connectivity index is 0.930. The molecule has 0 saturated carbocycles. The number of benzene rings is 8. The van der Waals surface area contributed by atoms with Gasteiger partial charge in [0.1, 0.15) is 11.5 Å². The largest absolute Gasteiger partial charge is 0.492 e. The monoisotopic (exact) mass is 952 g/mol. The fourth-order valence-corrected chi connectivity index (χ4v) is 9.39. The molecule has 0 spiro atoms. The van der Waals surface area contributed by atoms with Crippen molar-refractivity contribution in [1.82, 2.24) is 0 Å². The van der Waals surface area contributed by atoms with Crippen LogP contribution >= 0.6 is 31.9 Å². The summed E-state index contributed by atoms with van der Waals surface area (Å²) < 4.78 is 13.5. The summed E-state index contributed by atoms with van der Waals surface area (Å²) in [6, 6.07) is 64.4. The smallest absolute Gasteiger partial charge is 0.255 e. The number of fused-ring (bicyclic) bond motifs is 3. The molecule has 0 unspecified atom stereocenters. The molecule has 1 aliphatic rings. The second-order valence-corrected chi connectivity index (χ2v) is 17.1. The average molecular weight is 955 g/mol. The number of nitrogens with one attached hydrogen (secondary N) is 2. The summed E-state index contributed by atoms with van der Waals surface area (Å²) in [5.74, 6) is 0.922. The van der Waals surface area contributed by atoms with E-state index < -0.39 is 5.41 Å². The molecule has 0 heterocycles. The first kappa shape index (κ1) is 41.6. The van der Waals surface area contributed by atoms with Crippen LogP contribution in [0.1, 0.15) is 54.1 Å². The molecule has 0 bridgehead atoms. The molecule has 0 radical (unpaired) electrons. The van der Waals surface area contributed by atoms with Crippen molar-refractivity contribution >= 4 is 55.0 Å². The Kier molecular flexibility index (Phi) is 12.4. The average Bonchev–Trinajstić information content (AvgIpc) is 3.62. The Morgan fingerprint density at radius 1 is 0.444 bits per heavy atom. The molecule has 8 aromatic rings. The minimum atomic E-state index is -0.666. The molecular weight excluding hydrogens is 912 g/mol. The molecule has 9 rings (SSSR count). The van der Waals surface area contributed by atoms with Gasteiger partial charge in [0, 0.05) is 35.3 Å². The molecule has 310 valence electrons. The van der Waals surface area contributed by atoms with Crippen molar-refractivity contribution in [2.75, 3.05) is 23.8 Å². The number of anilines is 2. The van der Waals surface area contributed by atoms with Crippen molar-refractivity contribution in [1.29, 1.82) is 0 Å². The minimum absolute atomic E-state index is 0.223. The van der Waals surface area contributed by atoms with Crippen molar-refractivity contribution in [3.63, 3.8) is 0 Å². The maximum absolute atomic E-state index is 13.5. The molecule has 0 aliphatic heterocycles. The Labute approximate surface area is 384 Å². The zero-order valence-corrected chi connectivity index (χ0v) is 37.4. The summed E-state index contributed by atoms with van der Waals surface area (Å²) in [5.41, 5.74) is 10.9. The van der Waals surface area contributed by atoms with Crippen LogP contribution in [0, 0.1) is 0 Å². The number of amides is 2. The summed E-state index contributed by atoms with van der Waals surface area (Å²) in [7, 11) is 0. The Morgan fingerprint density at radius 2 is 0.825 bits per heavy atom. The topological polar surface area (TPSA) is 76.7 Å². The first-order valence-corrected chi connectivity index (χ1v) is 22.4. The fourth-order valence-electron chi connectivity index (χ4n) is 8.40. The zero-order chi connectivity index (χ0) is 43.2. The van der Waals surface area contributed by atoms with Crippen molar-refractivity contribution in [3.8, 4) is 22.6 Å². The van der Waals surface area contributed by atoms with E-state index in [1.54, 1.807) is 24.3 Å². The highest BCUT2D eigenvalue weighted by Crippen LogP contribution is 2.56. The predicted octanol–water partition coefficient (Wildman–Crippen LogP) is 13.3. The number of hydrogen-bond acceptors (Lipinski definition) is 4. The van der Waals surface area contributed by atoms with E-state index in [0.29, 0.717) is 56.2 Å². The third-order valence-corrected chi connectivity index (χ3v) is 12.7. The zero-order valence-electron chi connectivity index (χ0n) is 34.2. The number of hydrogen-bond donors (Lipinski definition) is 2. The van der Waals surface area contributed by atoms with Gasteiger partial charge in [-0.3, -0.25) is 9.59 Å². The molecule has 6 nitrogen and oxygen atoms in total. The molecular formula is C55H42Br2N2O4. The lowest BCUT2D eigenvalue weighted by Crippen LogP contribution is -2.28. The minimum Gasteiger partial charge on any atom is -0.492 e. The molecule has 0 fully saturated rings. The van der Waals surface area contributed by atoms with E-state index in [4.69, 9.17) is 9.47 Å². The second-order valence-electron chi connectivity index (χ2n) is 15.4. The van der Waals surface area contributed by atoms with Gasteiger partial charge < -0.3 is 20.1 Å². The third-order valence-electron chi connectivity index (χ3n) is 11.5. The van der Waals surface area contributed by atoms with Crippen molar-refractivity contribution in [3.05, 3.63) is 248 Å². The van der Waals surface area contributed by atoms with E-state index in [1.165, 1.54) is 22.3 Å². The number of ether oxygens (including phenoxy) is 2. The highest BCUT2D eigenvalue weighted by atomic mass is 79.9. The van der Waals surface area contributed by atoms with Gasteiger partial charge in [-0.2, -0.15) is 0 Å². The van der Waals surface area contributed by atoms with Crippen LogP contribution in [-0.4, -0.2) is 25.0 Å². The van der Waals surface area contributed by atoms with Crippen LogP contribution < -0.4 is 20.1 Å². The van der Waals surface area contributed by atoms with Crippen LogP contribution in [0.15, 0.2) is 203 Å². The molecule has 8 aromatic carbocycles. The Hall–Kier alpha value is -6.74. The standard InChI is InChI=1S/C55H42Br2N2O4/c56-49-35-39(19-29-51(49)62-33-31-37-11-3-1-4-12-37)53(60)58-43-25-21-41(22-26-43)55(47-17-9-7-15-45(47)46-16-8-10-18-48(46)55)42-23-27-44(28-24-42)59-54(61)40-20-30-52(50(57)36-40)63-34-32-38-13-5-2-6-14-38/h1-30,35-36H,31-34H2,(H,58,60)(H,59,61). The van der Waals surface area contributed by atoms with Gasteiger partial charge in [0.25, 0.3) is 11.8 Å². The van der Waals surface area contributed by atoms with Crippen LogP contribution in [-0.2, 0) is 18.3 Å². The molecule has 0 aromatic heterocycles. The van der Waals surface area contributed by atoms with E-state index in [1.807, 2.05) is 72.8 Å². The highest BCUT2D eigenvalue weighted by molar-refractivity contribution is 9.11. The van der Waals surface area contributed by atoms with Crippen molar-refractivity contribution < 1.29 is 19.1 Å². The van der Waals surface area contributed by atoms with Gasteiger partial charge in [0.2, 0.25) is 0 Å². The van der Waals surface area contributed by atoms with Crippen LogP contribution in [0.2, 0.25) is 0 Å². The SMILES string of the molecule is O=C(Nc1ccc(C2(c3ccc(NC(=O)c4ccc(OCCc5ccccc5)c(Br)c4)cc3)c3ccccc3-c3ccccc32)cc1)c1ccc(OCCc2ccccc2)c(Br)c1. The Morgan fingerprint density at radius 3 is 1.22 bits per heavy atom. The van der Waals surface area contributed by atoms with Gasteiger partial charge in [-0.1, -0.05) is 133 Å². The molecule has 0 atom stereocenters. The van der Waals surface area contributed by atoms with Gasteiger partial charge >= 0.3 is 0 Å². The molecule has 8 heteroatoms. The predicted molar refractivity (Wildman–Crippen MR) is 259 cm³/mol. The summed E-state index contributed by atoms with van der Waals surface area (Å²) in [5, 5.41) is 6.18. The molecule has 63 heavy (non-hydrogen) atoms. The molecule has 0 saturated heterocycles. The summed E-state index contributed by atoms with van der Waals surface area (Å²) >= 11 is 7.20. The van der Waals surface area contributed by atoms with E-state index >= 15 is 0 Å². The number of carbonyl (C=O) groups is 2. The van der Waals surface area contributed by atoms with Crippen LogP contribution in [0.4, 0.5) is 11.4 Å². The normalized spacial score (nSPS) is 12.2. The maximum atomic E-state index is 13.5. The third kappa shape index (κ3) is 8.83. The van der Waals surface area contributed by atoms with Gasteiger partial charge in [0.15, 0.2) is 0 Å². The van der Waals surface area contributed by atoms with E-state index in [2.05, 4.69) is 140 Å². The Bertz CT molecular complexity index is 2700. The van der Waals surface area contributed by atoms with Crippen molar-refractivity contribution in [2.24, 2.45) is 0 Å². The van der Waals surface area contributed by atoms with Gasteiger partial charge in [0.05, 0.1) is 27.6 Å². The highest BCUT2D eigenvalue weighted by Gasteiger charge is 2.45. The summed E-state index contributed by atoms with van der Waals surface area (Å²) in [6.07, 6.45) is 1.57. The van der Waals surface area contributed by atoms with E-state index in [9.17, 15) is 9.59 Å². The maximum Gasteiger partial charge on any atom is 0.255 e. The van der Waals surface area contributed by atoms with Gasteiger partial charge in [-0.25, -0.2) is 0 Å². The number of halogens is 2. The number of rotatable bonds is 14. The summed E-state index contributed by atoms with van der Waals surface area (Å²) in [6.45, 7) is 1.05. The lowest BCUT2D eigenvalue weighted by molar-refractivity contribution is 0.101. The lowest BCUT2D eigenvalue weighted by Gasteiger charge is -2.34. The van der Waals surface area contributed by atoms with E-state index in [0.717, 1.165) is 35.1 Å². The molecule has 2 N–H and O–H groups in total. The first-order valence-electron chi connectivity index (χ1n) is 20.8. The number of carbonyl (C=O) groups excluding carboxylic acids is 2. The summed E-state index contributed by atoms with van der Waals surface area (Å²) in [4.78, 5) is 27.1. The quantitative estimate of drug-likeness (QED) is 0.114. The molecule has 1 aliphatic carbocycles. The van der Waals surface area contributed by atoms with E-state index in [-0.39, 0.29) is 11.8 Å². The van der Waals surface area contributed by atoms with Crippen molar-refractivity contribution in [2.45, 2.75) is 18.3 Å². The first-order chi connectivity index (χ1) is 30.9. The lowest BCUT2D eigenvalue weighted by atomic mass is 9.67. The van der Waals surface area contributed by atoms with Gasteiger partial charge in [-0.05, 0) is 137 Å². The molecule has 2 amide bonds. The van der Waals surface area contributed by atoms with Crippen LogP contribution in [0.25, 0.3) is 11.1 Å². The second kappa shape index (κ2) is 18.7.